The highest BCUT2D eigenvalue weighted by Crippen LogP contribution is 2.33. The van der Waals surface area contributed by atoms with Crippen LogP contribution < -0.4 is 20.2 Å². The smallest absolute Gasteiger partial charge is 0.249 e. The zero-order chi connectivity index (χ0) is 20.5. The number of ether oxygens (including phenoxy) is 2. The van der Waals surface area contributed by atoms with Gasteiger partial charge in [0.2, 0.25) is 11.8 Å². The van der Waals surface area contributed by atoms with E-state index in [2.05, 4.69) is 38.4 Å². The molecule has 2 aromatic rings. The monoisotopic (exact) mass is 495 g/mol. The van der Waals surface area contributed by atoms with Crippen LogP contribution >= 0.6 is 22.6 Å². The molecule has 28 heavy (non-hydrogen) atoms. The number of carbonyl (C=O) groups is 2. The van der Waals surface area contributed by atoms with Crippen molar-refractivity contribution in [1.29, 1.82) is 0 Å². The number of para-hydroxylation sites is 1. The van der Waals surface area contributed by atoms with Gasteiger partial charge in [0.15, 0.2) is 11.5 Å². The molecule has 0 unspecified atom stereocenters. The van der Waals surface area contributed by atoms with Crippen molar-refractivity contribution in [1.82, 2.24) is 5.43 Å². The molecule has 2 amide bonds. The lowest BCUT2D eigenvalue weighted by Gasteiger charge is -2.12. The number of nitrogens with one attached hydrogen (secondary N) is 2. The Morgan fingerprint density at radius 3 is 2.64 bits per heavy atom. The van der Waals surface area contributed by atoms with Gasteiger partial charge in [0, 0.05) is 5.69 Å². The summed E-state index contributed by atoms with van der Waals surface area (Å²) in [5.41, 5.74) is 4.69. The predicted molar refractivity (Wildman–Crippen MR) is 117 cm³/mol. The second-order valence-electron chi connectivity index (χ2n) is 5.80. The van der Waals surface area contributed by atoms with Crippen molar-refractivity contribution in [2.45, 2.75) is 20.3 Å². The van der Waals surface area contributed by atoms with Crippen molar-refractivity contribution in [3.63, 3.8) is 0 Å². The van der Waals surface area contributed by atoms with E-state index in [1.54, 1.807) is 19.2 Å². The molecule has 8 heteroatoms. The Bertz CT molecular complexity index is 884. The van der Waals surface area contributed by atoms with E-state index < -0.39 is 11.8 Å². The lowest BCUT2D eigenvalue weighted by Crippen LogP contribution is -2.24. The number of aryl methyl sites for hydroxylation is 1. The molecule has 7 nitrogen and oxygen atoms in total. The standard InChI is InChI=1S/C20H22IN3O4/c1-4-28-20-15(21)9-14(10-17(20)27-3)12-22-24-19(26)11-18(25)23-16-8-6-5-7-13(16)2/h5-10,12H,4,11H2,1-3H3,(H,23,25)(H,24,26). The minimum absolute atomic E-state index is 0.324. The molecular formula is C20H22IN3O4. The van der Waals surface area contributed by atoms with E-state index in [1.807, 2.05) is 38.1 Å². The van der Waals surface area contributed by atoms with Crippen LogP contribution in [0.3, 0.4) is 0 Å². The highest BCUT2D eigenvalue weighted by atomic mass is 127. The minimum Gasteiger partial charge on any atom is -0.493 e. The Morgan fingerprint density at radius 1 is 1.21 bits per heavy atom. The van der Waals surface area contributed by atoms with Gasteiger partial charge in [0.05, 0.1) is 23.5 Å². The maximum atomic E-state index is 12.0. The normalized spacial score (nSPS) is 10.6. The van der Waals surface area contributed by atoms with Gasteiger partial charge in [-0.25, -0.2) is 5.43 Å². The van der Waals surface area contributed by atoms with Crippen molar-refractivity contribution in [2.24, 2.45) is 5.10 Å². The zero-order valence-electron chi connectivity index (χ0n) is 15.9. The number of amides is 2. The largest absolute Gasteiger partial charge is 0.493 e. The molecule has 148 valence electrons. The van der Waals surface area contributed by atoms with Gasteiger partial charge in [-0.15, -0.1) is 0 Å². The highest BCUT2D eigenvalue weighted by Gasteiger charge is 2.12. The summed E-state index contributed by atoms with van der Waals surface area (Å²) >= 11 is 2.15. The first-order valence-electron chi connectivity index (χ1n) is 8.62. The van der Waals surface area contributed by atoms with E-state index in [4.69, 9.17) is 9.47 Å². The number of benzene rings is 2. The van der Waals surface area contributed by atoms with Crippen LogP contribution in [0.15, 0.2) is 41.5 Å². The average Bonchev–Trinajstić information content (AvgIpc) is 2.65. The SMILES string of the molecule is CCOc1c(I)cc(C=NNC(=O)CC(=O)Nc2ccccc2C)cc1OC. The molecule has 0 aliphatic heterocycles. The summed E-state index contributed by atoms with van der Waals surface area (Å²) in [4.78, 5) is 23.9. The number of hydrogen-bond donors (Lipinski definition) is 2. The van der Waals surface area contributed by atoms with E-state index in [1.165, 1.54) is 6.21 Å². The van der Waals surface area contributed by atoms with Gasteiger partial charge >= 0.3 is 0 Å². The fourth-order valence-corrected chi connectivity index (χ4v) is 3.15. The van der Waals surface area contributed by atoms with Gasteiger partial charge < -0.3 is 14.8 Å². The molecule has 0 atom stereocenters. The Labute approximate surface area is 177 Å². The second-order valence-corrected chi connectivity index (χ2v) is 6.96. The third-order valence-electron chi connectivity index (χ3n) is 3.68. The van der Waals surface area contributed by atoms with Crippen LogP contribution in [0.4, 0.5) is 5.69 Å². The molecule has 0 bridgehead atoms. The highest BCUT2D eigenvalue weighted by molar-refractivity contribution is 14.1. The fraction of sp³-hybridized carbons (Fsp3) is 0.250. The van der Waals surface area contributed by atoms with Crippen LogP contribution in [0.5, 0.6) is 11.5 Å². The van der Waals surface area contributed by atoms with Gasteiger partial charge in [-0.2, -0.15) is 5.10 Å². The maximum absolute atomic E-state index is 12.0. The summed E-state index contributed by atoms with van der Waals surface area (Å²) in [6.45, 7) is 4.31. The molecule has 0 aromatic heterocycles. The second kappa shape index (κ2) is 10.6. The molecule has 0 aliphatic rings. The topological polar surface area (TPSA) is 89.0 Å². The molecule has 0 fully saturated rings. The van der Waals surface area contributed by atoms with Crippen molar-refractivity contribution in [3.05, 3.63) is 51.1 Å². The summed E-state index contributed by atoms with van der Waals surface area (Å²) < 4.78 is 11.8. The molecule has 0 saturated carbocycles. The van der Waals surface area contributed by atoms with Gasteiger partial charge in [-0.3, -0.25) is 9.59 Å². The Hall–Kier alpha value is -2.62. The fourth-order valence-electron chi connectivity index (χ4n) is 2.37. The summed E-state index contributed by atoms with van der Waals surface area (Å²) in [6, 6.07) is 11.0. The van der Waals surface area contributed by atoms with Crippen molar-refractivity contribution >= 4 is 46.3 Å². The third-order valence-corrected chi connectivity index (χ3v) is 4.48. The van der Waals surface area contributed by atoms with Crippen molar-refractivity contribution in [3.8, 4) is 11.5 Å². The summed E-state index contributed by atoms with van der Waals surface area (Å²) in [5.74, 6) is 0.341. The first kappa shape index (κ1) is 21.7. The first-order chi connectivity index (χ1) is 13.4. The van der Waals surface area contributed by atoms with E-state index in [0.717, 1.165) is 14.7 Å². The van der Waals surface area contributed by atoms with Gasteiger partial charge in [0.25, 0.3) is 0 Å². The number of hydrogen-bond acceptors (Lipinski definition) is 5. The lowest BCUT2D eigenvalue weighted by atomic mass is 10.2. The first-order valence-corrected chi connectivity index (χ1v) is 9.70. The van der Waals surface area contributed by atoms with Gasteiger partial charge in [-0.1, -0.05) is 18.2 Å². The molecule has 0 saturated heterocycles. The molecule has 0 aliphatic carbocycles. The van der Waals surface area contributed by atoms with E-state index in [-0.39, 0.29) is 6.42 Å². The van der Waals surface area contributed by atoms with Crippen molar-refractivity contribution in [2.75, 3.05) is 19.0 Å². The number of hydrazone groups is 1. The van der Waals surface area contributed by atoms with Gasteiger partial charge in [-0.05, 0) is 65.8 Å². The van der Waals surface area contributed by atoms with Gasteiger partial charge in [0.1, 0.15) is 6.42 Å². The molecular weight excluding hydrogens is 473 g/mol. The third kappa shape index (κ3) is 6.22. The number of carbonyl (C=O) groups excluding carboxylic acids is 2. The van der Waals surface area contributed by atoms with Crippen LogP contribution in [0.25, 0.3) is 0 Å². The molecule has 0 radical (unpaired) electrons. The van der Waals surface area contributed by atoms with E-state index in [0.29, 0.717) is 23.8 Å². The zero-order valence-corrected chi connectivity index (χ0v) is 18.1. The number of anilines is 1. The Morgan fingerprint density at radius 2 is 1.96 bits per heavy atom. The molecule has 2 N–H and O–H groups in total. The van der Waals surface area contributed by atoms with E-state index >= 15 is 0 Å². The van der Waals surface area contributed by atoms with Crippen LogP contribution in [0, 0.1) is 10.5 Å². The van der Waals surface area contributed by atoms with E-state index in [9.17, 15) is 9.59 Å². The summed E-state index contributed by atoms with van der Waals surface area (Å²) in [7, 11) is 1.56. The molecule has 2 rings (SSSR count). The van der Waals surface area contributed by atoms with Crippen molar-refractivity contribution < 1.29 is 19.1 Å². The summed E-state index contributed by atoms with van der Waals surface area (Å²) in [5, 5.41) is 6.61. The van der Waals surface area contributed by atoms with Crippen LogP contribution in [0.2, 0.25) is 0 Å². The quantitative estimate of drug-likeness (QED) is 0.254. The molecule has 2 aromatic carbocycles. The lowest BCUT2D eigenvalue weighted by molar-refractivity contribution is -0.126. The number of nitrogens with zero attached hydrogens (tertiary/aromatic N) is 1. The molecule has 0 spiro atoms. The Balaban J connectivity index is 1.93. The maximum Gasteiger partial charge on any atom is 0.249 e. The predicted octanol–water partition coefficient (Wildman–Crippen LogP) is 3.49. The average molecular weight is 495 g/mol. The number of rotatable bonds is 8. The van der Waals surface area contributed by atoms with Crippen LogP contribution in [-0.4, -0.2) is 31.7 Å². The minimum atomic E-state index is -0.505. The molecule has 0 heterocycles. The summed E-state index contributed by atoms with van der Waals surface area (Å²) in [6.07, 6.45) is 1.16. The van der Waals surface area contributed by atoms with Crippen LogP contribution in [0.1, 0.15) is 24.5 Å². The van der Waals surface area contributed by atoms with Crippen LogP contribution in [-0.2, 0) is 9.59 Å². The number of methoxy groups -OCH3 is 1. The number of halogens is 1. The Kier molecular flexibility index (Phi) is 8.24.